The smallest absolute Gasteiger partial charge is 0.133 e. The molecule has 4 N–H and O–H groups in total. The summed E-state index contributed by atoms with van der Waals surface area (Å²) < 4.78 is 0. The van der Waals surface area contributed by atoms with Crippen LogP contribution in [0, 0.1) is 11.3 Å². The summed E-state index contributed by atoms with van der Waals surface area (Å²) in [6, 6.07) is 4.74. The standard InChI is InChI=1S/C11H12N2O2/c12-5-8-6-1-3-9(13)11(15)7(6)2-4-10(8)14/h2,4,9,11,14-15H,1,3,13H2/t9-,11-/m1/s1. The molecule has 0 aliphatic heterocycles. The second-order valence-electron chi connectivity index (χ2n) is 3.79. The summed E-state index contributed by atoms with van der Waals surface area (Å²) in [4.78, 5) is 0. The van der Waals surface area contributed by atoms with Gasteiger partial charge in [-0.25, -0.2) is 0 Å². The van der Waals surface area contributed by atoms with E-state index < -0.39 is 6.10 Å². The number of phenolic OH excluding ortho intramolecular Hbond substituents is 1. The van der Waals surface area contributed by atoms with Crippen LogP contribution in [-0.2, 0) is 6.42 Å². The number of rotatable bonds is 0. The lowest BCUT2D eigenvalue weighted by Gasteiger charge is -2.27. The lowest BCUT2D eigenvalue weighted by Crippen LogP contribution is -2.33. The minimum absolute atomic E-state index is 0.0288. The number of nitrogens with zero attached hydrogens (tertiary/aromatic N) is 1. The molecule has 1 aliphatic rings. The summed E-state index contributed by atoms with van der Waals surface area (Å²) in [6.07, 6.45) is 0.526. The van der Waals surface area contributed by atoms with E-state index in [1.165, 1.54) is 6.07 Å². The molecule has 1 aliphatic carbocycles. The van der Waals surface area contributed by atoms with Crippen LogP contribution in [0.25, 0.3) is 0 Å². The molecule has 0 unspecified atom stereocenters. The number of hydrogen-bond donors (Lipinski definition) is 3. The number of fused-ring (bicyclic) bond motifs is 1. The average Bonchev–Trinajstić information content (AvgIpc) is 2.23. The van der Waals surface area contributed by atoms with E-state index in [2.05, 4.69) is 0 Å². The Balaban J connectivity index is 2.60. The van der Waals surface area contributed by atoms with Gasteiger partial charge < -0.3 is 15.9 Å². The first-order valence-electron chi connectivity index (χ1n) is 4.83. The third-order valence-electron chi connectivity index (χ3n) is 2.89. The van der Waals surface area contributed by atoms with Crippen molar-refractivity contribution in [2.45, 2.75) is 25.0 Å². The van der Waals surface area contributed by atoms with E-state index in [0.29, 0.717) is 18.4 Å². The summed E-state index contributed by atoms with van der Waals surface area (Å²) in [5.74, 6) is -0.0288. The van der Waals surface area contributed by atoms with Gasteiger partial charge >= 0.3 is 0 Å². The Morgan fingerprint density at radius 1 is 1.47 bits per heavy atom. The largest absolute Gasteiger partial charge is 0.507 e. The Kier molecular flexibility index (Phi) is 2.35. The molecule has 4 nitrogen and oxygen atoms in total. The van der Waals surface area contributed by atoms with Gasteiger partial charge in [-0.05, 0) is 30.0 Å². The Bertz CT molecular complexity index is 437. The zero-order chi connectivity index (χ0) is 11.0. The molecule has 1 aromatic carbocycles. The summed E-state index contributed by atoms with van der Waals surface area (Å²) in [5.41, 5.74) is 7.39. The van der Waals surface area contributed by atoms with Crippen LogP contribution in [0.15, 0.2) is 12.1 Å². The molecule has 0 bridgehead atoms. The Morgan fingerprint density at radius 2 is 2.20 bits per heavy atom. The van der Waals surface area contributed by atoms with Crippen molar-refractivity contribution in [2.75, 3.05) is 0 Å². The van der Waals surface area contributed by atoms with Crippen LogP contribution in [0.2, 0.25) is 0 Å². The number of phenols is 1. The maximum atomic E-state index is 9.82. The quantitative estimate of drug-likeness (QED) is 0.576. The molecule has 0 amide bonds. The lowest BCUT2D eigenvalue weighted by molar-refractivity contribution is 0.133. The Morgan fingerprint density at radius 3 is 2.87 bits per heavy atom. The van der Waals surface area contributed by atoms with Gasteiger partial charge in [-0.3, -0.25) is 0 Å². The number of aliphatic hydroxyl groups excluding tert-OH is 1. The molecule has 2 rings (SSSR count). The van der Waals surface area contributed by atoms with Crippen molar-refractivity contribution in [1.29, 1.82) is 5.26 Å². The number of benzene rings is 1. The van der Waals surface area contributed by atoms with Gasteiger partial charge in [0.2, 0.25) is 0 Å². The monoisotopic (exact) mass is 204 g/mol. The van der Waals surface area contributed by atoms with E-state index in [-0.39, 0.29) is 17.4 Å². The lowest BCUT2D eigenvalue weighted by atomic mass is 9.83. The molecule has 1 aromatic rings. The fraction of sp³-hybridized carbons (Fsp3) is 0.364. The van der Waals surface area contributed by atoms with E-state index >= 15 is 0 Å². The van der Waals surface area contributed by atoms with Crippen LogP contribution >= 0.6 is 0 Å². The van der Waals surface area contributed by atoms with Gasteiger partial charge in [-0.15, -0.1) is 0 Å². The Labute approximate surface area is 87.6 Å². The van der Waals surface area contributed by atoms with E-state index in [0.717, 1.165) is 5.56 Å². The first-order valence-corrected chi connectivity index (χ1v) is 4.83. The first kappa shape index (κ1) is 9.97. The molecule has 0 heterocycles. The zero-order valence-electron chi connectivity index (χ0n) is 8.14. The van der Waals surface area contributed by atoms with Crippen molar-refractivity contribution >= 4 is 0 Å². The summed E-state index contributed by atoms with van der Waals surface area (Å²) in [6.45, 7) is 0. The number of hydrogen-bond acceptors (Lipinski definition) is 4. The molecular formula is C11H12N2O2. The van der Waals surface area contributed by atoms with Gasteiger partial charge in [0.25, 0.3) is 0 Å². The first-order chi connectivity index (χ1) is 7.15. The van der Waals surface area contributed by atoms with Crippen LogP contribution < -0.4 is 5.73 Å². The highest BCUT2D eigenvalue weighted by atomic mass is 16.3. The minimum Gasteiger partial charge on any atom is -0.507 e. The SMILES string of the molecule is N#Cc1c(O)ccc2c1CC[C@@H](N)[C@@H]2O. The van der Waals surface area contributed by atoms with Crippen molar-refractivity contribution in [3.05, 3.63) is 28.8 Å². The zero-order valence-corrected chi connectivity index (χ0v) is 8.14. The highest BCUT2D eigenvalue weighted by molar-refractivity contribution is 5.53. The maximum absolute atomic E-state index is 9.82. The van der Waals surface area contributed by atoms with E-state index in [1.54, 1.807) is 6.07 Å². The van der Waals surface area contributed by atoms with Gasteiger partial charge in [0.05, 0.1) is 11.7 Å². The second kappa shape index (κ2) is 3.54. The molecule has 0 saturated heterocycles. The highest BCUT2D eigenvalue weighted by Gasteiger charge is 2.27. The molecule has 15 heavy (non-hydrogen) atoms. The third-order valence-corrected chi connectivity index (χ3v) is 2.89. The van der Waals surface area contributed by atoms with Crippen LogP contribution in [0.3, 0.4) is 0 Å². The topological polar surface area (TPSA) is 90.3 Å². The summed E-state index contributed by atoms with van der Waals surface area (Å²) >= 11 is 0. The van der Waals surface area contributed by atoms with Crippen molar-refractivity contribution < 1.29 is 10.2 Å². The third kappa shape index (κ3) is 1.46. The van der Waals surface area contributed by atoms with Crippen LogP contribution in [0.4, 0.5) is 0 Å². The van der Waals surface area contributed by atoms with Crippen molar-refractivity contribution in [2.24, 2.45) is 5.73 Å². The van der Waals surface area contributed by atoms with Crippen LogP contribution in [-0.4, -0.2) is 16.3 Å². The maximum Gasteiger partial charge on any atom is 0.133 e. The fourth-order valence-electron chi connectivity index (χ4n) is 2.02. The van der Waals surface area contributed by atoms with Gasteiger partial charge in [0.15, 0.2) is 0 Å². The molecule has 0 spiro atoms. The highest BCUT2D eigenvalue weighted by Crippen LogP contribution is 2.34. The second-order valence-corrected chi connectivity index (χ2v) is 3.79. The molecule has 0 radical (unpaired) electrons. The fourth-order valence-corrected chi connectivity index (χ4v) is 2.02. The van der Waals surface area contributed by atoms with E-state index in [1.807, 2.05) is 6.07 Å². The Hall–Kier alpha value is -1.57. The number of aromatic hydroxyl groups is 1. The molecule has 0 fully saturated rings. The van der Waals surface area contributed by atoms with E-state index in [9.17, 15) is 10.2 Å². The molecule has 0 saturated carbocycles. The average molecular weight is 204 g/mol. The van der Waals surface area contributed by atoms with Crippen molar-refractivity contribution in [3.63, 3.8) is 0 Å². The predicted octanol–water partition coefficient (Wildman–Crippen LogP) is 0.571. The van der Waals surface area contributed by atoms with Gasteiger partial charge in [0.1, 0.15) is 11.8 Å². The number of nitriles is 1. The number of nitrogens with two attached hydrogens (primary N) is 1. The van der Waals surface area contributed by atoms with Gasteiger partial charge in [-0.2, -0.15) is 5.26 Å². The predicted molar refractivity (Wildman–Crippen MR) is 54.1 cm³/mol. The minimum atomic E-state index is -0.735. The van der Waals surface area contributed by atoms with Crippen molar-refractivity contribution in [3.8, 4) is 11.8 Å². The summed E-state index contributed by atoms with van der Waals surface area (Å²) in [7, 11) is 0. The molecule has 78 valence electrons. The molecule has 2 atom stereocenters. The summed E-state index contributed by atoms with van der Waals surface area (Å²) in [5, 5.41) is 28.2. The van der Waals surface area contributed by atoms with Crippen molar-refractivity contribution in [1.82, 2.24) is 0 Å². The number of aliphatic hydroxyl groups is 1. The normalized spacial score (nSPS) is 24.3. The van der Waals surface area contributed by atoms with Gasteiger partial charge in [-0.1, -0.05) is 6.07 Å². The molecule has 4 heteroatoms. The van der Waals surface area contributed by atoms with E-state index in [4.69, 9.17) is 11.0 Å². The van der Waals surface area contributed by atoms with Gasteiger partial charge in [0, 0.05) is 6.04 Å². The molecular weight excluding hydrogens is 192 g/mol. The van der Waals surface area contributed by atoms with Crippen LogP contribution in [0.5, 0.6) is 5.75 Å². The van der Waals surface area contributed by atoms with Crippen LogP contribution in [0.1, 0.15) is 29.2 Å². The molecule has 0 aromatic heterocycles.